The molecule has 0 unspecified atom stereocenters. The first kappa shape index (κ1) is 19.5. The molecule has 0 fully saturated rings. The molecule has 0 saturated carbocycles. The van der Waals surface area contributed by atoms with E-state index < -0.39 is 34.2 Å². The fraction of sp³-hybridized carbons (Fsp3) is 0.143. The normalized spacial score (nSPS) is 11.6. The molecule has 4 aromatic rings. The minimum absolute atomic E-state index is 0.0958. The third kappa shape index (κ3) is 3.07. The lowest BCUT2D eigenvalue weighted by Gasteiger charge is -2.15. The number of nitrogens with zero attached hydrogens (tertiary/aromatic N) is 5. The number of imidazole rings is 1. The lowest BCUT2D eigenvalue weighted by Crippen LogP contribution is -2.19. The molecular weight excluding hydrogens is 395 g/mol. The lowest BCUT2D eigenvalue weighted by molar-refractivity contribution is 0.0734. The zero-order valence-electron chi connectivity index (χ0n) is 15.9. The van der Waals surface area contributed by atoms with E-state index in [-0.39, 0.29) is 28.3 Å². The SMILES string of the molecule is CC(C)(O)c1cnn2c(-c3ccc(F)c(-c4c(F)cccc4C#N)c3F)cnc2n1. The number of aromatic nitrogens is 4. The largest absolute Gasteiger partial charge is 0.384 e. The number of nitriles is 1. The van der Waals surface area contributed by atoms with E-state index in [9.17, 15) is 19.1 Å². The summed E-state index contributed by atoms with van der Waals surface area (Å²) < 4.78 is 45.6. The lowest BCUT2D eigenvalue weighted by atomic mass is 9.96. The van der Waals surface area contributed by atoms with Crippen LogP contribution in [0.4, 0.5) is 13.2 Å². The summed E-state index contributed by atoms with van der Waals surface area (Å²) in [6.07, 6.45) is 2.60. The number of hydrogen-bond acceptors (Lipinski definition) is 5. The molecule has 0 radical (unpaired) electrons. The second kappa shape index (κ2) is 6.93. The molecule has 2 aromatic heterocycles. The van der Waals surface area contributed by atoms with Gasteiger partial charge in [-0.15, -0.1) is 0 Å². The van der Waals surface area contributed by atoms with E-state index in [0.717, 1.165) is 12.1 Å². The van der Waals surface area contributed by atoms with E-state index in [4.69, 9.17) is 0 Å². The molecule has 9 heteroatoms. The zero-order valence-corrected chi connectivity index (χ0v) is 15.9. The first-order valence-corrected chi connectivity index (χ1v) is 8.83. The van der Waals surface area contributed by atoms with E-state index in [1.54, 1.807) is 6.07 Å². The smallest absolute Gasteiger partial charge is 0.251 e. The third-order valence-electron chi connectivity index (χ3n) is 4.61. The predicted molar refractivity (Wildman–Crippen MR) is 101 cm³/mol. The Morgan fingerprint density at radius 2 is 1.77 bits per heavy atom. The average molecular weight is 409 g/mol. The van der Waals surface area contributed by atoms with Crippen LogP contribution < -0.4 is 0 Å². The second-order valence-electron chi connectivity index (χ2n) is 7.11. The van der Waals surface area contributed by atoms with Gasteiger partial charge in [-0.25, -0.2) is 23.1 Å². The average Bonchev–Trinajstić information content (AvgIpc) is 3.11. The van der Waals surface area contributed by atoms with Crippen LogP contribution in [0.1, 0.15) is 25.1 Å². The van der Waals surface area contributed by atoms with Crippen molar-refractivity contribution in [1.29, 1.82) is 5.26 Å². The van der Waals surface area contributed by atoms with Gasteiger partial charge >= 0.3 is 0 Å². The Hall–Kier alpha value is -3.77. The second-order valence-corrected chi connectivity index (χ2v) is 7.11. The first-order valence-electron chi connectivity index (χ1n) is 8.83. The molecule has 2 heterocycles. The molecule has 0 bridgehead atoms. The predicted octanol–water partition coefficient (Wildman–Crippen LogP) is 3.97. The molecule has 0 aliphatic rings. The summed E-state index contributed by atoms with van der Waals surface area (Å²) in [6, 6.07) is 7.51. The van der Waals surface area contributed by atoms with Crippen molar-refractivity contribution >= 4 is 5.78 Å². The first-order chi connectivity index (χ1) is 14.2. The highest BCUT2D eigenvalue weighted by atomic mass is 19.1. The maximum Gasteiger partial charge on any atom is 0.251 e. The molecule has 1 N–H and O–H groups in total. The highest BCUT2D eigenvalue weighted by Crippen LogP contribution is 2.36. The highest BCUT2D eigenvalue weighted by molar-refractivity contribution is 5.77. The van der Waals surface area contributed by atoms with Crippen LogP contribution in [0.5, 0.6) is 0 Å². The fourth-order valence-corrected chi connectivity index (χ4v) is 3.10. The number of benzene rings is 2. The Labute approximate surface area is 168 Å². The van der Waals surface area contributed by atoms with Gasteiger partial charge in [-0.2, -0.15) is 14.9 Å². The van der Waals surface area contributed by atoms with Gasteiger partial charge in [0.25, 0.3) is 5.78 Å². The van der Waals surface area contributed by atoms with Crippen molar-refractivity contribution in [3.8, 4) is 28.5 Å². The molecule has 0 aliphatic heterocycles. The molecule has 0 aliphatic carbocycles. The van der Waals surface area contributed by atoms with Gasteiger partial charge in [-0.1, -0.05) is 6.07 Å². The van der Waals surface area contributed by atoms with Crippen LogP contribution in [0.25, 0.3) is 28.2 Å². The Morgan fingerprint density at radius 1 is 1.03 bits per heavy atom. The van der Waals surface area contributed by atoms with Gasteiger partial charge in [-0.05, 0) is 38.1 Å². The molecule has 30 heavy (non-hydrogen) atoms. The molecule has 0 spiro atoms. The summed E-state index contributed by atoms with van der Waals surface area (Å²) in [5.41, 5.74) is -2.26. The molecular formula is C21H14F3N5O. The maximum absolute atomic E-state index is 15.4. The van der Waals surface area contributed by atoms with Crippen LogP contribution in [0, 0.1) is 28.8 Å². The zero-order chi connectivity index (χ0) is 21.6. The molecule has 6 nitrogen and oxygen atoms in total. The van der Waals surface area contributed by atoms with Gasteiger partial charge in [0, 0.05) is 11.1 Å². The van der Waals surface area contributed by atoms with Crippen molar-refractivity contribution in [2.75, 3.05) is 0 Å². The van der Waals surface area contributed by atoms with E-state index in [2.05, 4.69) is 15.1 Å². The third-order valence-corrected chi connectivity index (χ3v) is 4.61. The number of halogens is 3. The van der Waals surface area contributed by atoms with Crippen molar-refractivity contribution in [3.05, 3.63) is 71.4 Å². The van der Waals surface area contributed by atoms with Gasteiger partial charge < -0.3 is 5.11 Å². The van der Waals surface area contributed by atoms with Crippen LogP contribution in [-0.2, 0) is 5.60 Å². The van der Waals surface area contributed by atoms with Crippen LogP contribution in [0.15, 0.2) is 42.7 Å². The van der Waals surface area contributed by atoms with Crippen LogP contribution in [0.3, 0.4) is 0 Å². The summed E-state index contributed by atoms with van der Waals surface area (Å²) in [5, 5.41) is 23.5. The molecule has 0 amide bonds. The van der Waals surface area contributed by atoms with Gasteiger partial charge in [0.15, 0.2) is 0 Å². The van der Waals surface area contributed by atoms with E-state index >= 15 is 4.39 Å². The molecule has 0 saturated heterocycles. The Balaban J connectivity index is 1.95. The highest BCUT2D eigenvalue weighted by Gasteiger charge is 2.25. The quantitative estimate of drug-likeness (QED) is 0.553. The van der Waals surface area contributed by atoms with E-state index in [1.165, 1.54) is 49.0 Å². The van der Waals surface area contributed by atoms with Crippen molar-refractivity contribution in [2.24, 2.45) is 0 Å². The van der Waals surface area contributed by atoms with Crippen LogP contribution >= 0.6 is 0 Å². The summed E-state index contributed by atoms with van der Waals surface area (Å²) in [6.45, 7) is 3.06. The van der Waals surface area contributed by atoms with Crippen LogP contribution in [-0.4, -0.2) is 24.7 Å². The summed E-state index contributed by atoms with van der Waals surface area (Å²) in [4.78, 5) is 8.28. The van der Waals surface area contributed by atoms with Gasteiger partial charge in [0.05, 0.1) is 41.0 Å². The topological polar surface area (TPSA) is 87.1 Å². The van der Waals surface area contributed by atoms with Crippen molar-refractivity contribution in [3.63, 3.8) is 0 Å². The van der Waals surface area contributed by atoms with Crippen molar-refractivity contribution in [1.82, 2.24) is 19.6 Å². The minimum atomic E-state index is -1.26. The molecule has 2 aromatic carbocycles. The van der Waals surface area contributed by atoms with Crippen molar-refractivity contribution < 1.29 is 18.3 Å². The molecule has 0 atom stereocenters. The fourth-order valence-electron chi connectivity index (χ4n) is 3.10. The summed E-state index contributed by atoms with van der Waals surface area (Å²) in [7, 11) is 0. The summed E-state index contributed by atoms with van der Waals surface area (Å²) in [5.74, 6) is -2.90. The molecule has 150 valence electrons. The van der Waals surface area contributed by atoms with Gasteiger partial charge in [0.1, 0.15) is 23.1 Å². The number of fused-ring (bicyclic) bond motifs is 1. The standard InChI is InChI=1S/C21H14F3N5O/c1-21(2,30)16-10-27-29-15(9-26-20(29)28-16)12-6-7-14(23)18(19(12)24)17-11(8-25)4-3-5-13(17)22/h3-7,9-10,30H,1-2H3. The number of rotatable bonds is 3. The Bertz CT molecular complexity index is 1340. The Morgan fingerprint density at radius 3 is 2.47 bits per heavy atom. The Kier molecular flexibility index (Phi) is 4.51. The minimum Gasteiger partial charge on any atom is -0.384 e. The van der Waals surface area contributed by atoms with E-state index in [1.807, 2.05) is 0 Å². The van der Waals surface area contributed by atoms with Crippen LogP contribution in [0.2, 0.25) is 0 Å². The van der Waals surface area contributed by atoms with Gasteiger partial charge in [-0.3, -0.25) is 0 Å². The summed E-state index contributed by atoms with van der Waals surface area (Å²) >= 11 is 0. The van der Waals surface area contributed by atoms with Gasteiger partial charge in [0.2, 0.25) is 0 Å². The van der Waals surface area contributed by atoms with E-state index in [0.29, 0.717) is 0 Å². The van der Waals surface area contributed by atoms with Crippen molar-refractivity contribution in [2.45, 2.75) is 19.4 Å². The monoisotopic (exact) mass is 409 g/mol. The maximum atomic E-state index is 15.4. The molecule has 4 rings (SSSR count). The number of aliphatic hydroxyl groups is 1. The number of hydrogen-bond donors (Lipinski definition) is 1.